The first-order chi connectivity index (χ1) is 14.0. The number of anilines is 1. The number of nitro groups is 1. The van der Waals surface area contributed by atoms with Crippen LogP contribution in [-0.2, 0) is 0 Å². The van der Waals surface area contributed by atoms with Gasteiger partial charge in [-0.2, -0.15) is 0 Å². The van der Waals surface area contributed by atoms with Crippen LogP contribution in [0.15, 0.2) is 54.6 Å². The monoisotopic (exact) mass is 392 g/mol. The summed E-state index contributed by atoms with van der Waals surface area (Å²) in [5, 5.41) is 11.1. The highest BCUT2D eigenvalue weighted by atomic mass is 16.6. The Balaban J connectivity index is 1.54. The van der Waals surface area contributed by atoms with Crippen molar-refractivity contribution in [3.63, 3.8) is 0 Å². The molecule has 8 nitrogen and oxygen atoms in total. The van der Waals surface area contributed by atoms with Gasteiger partial charge in [-0.25, -0.2) is 9.97 Å². The quantitative estimate of drug-likeness (QED) is 0.484. The molecule has 4 rings (SSSR count). The van der Waals surface area contributed by atoms with Crippen molar-refractivity contribution in [3.05, 3.63) is 70.4 Å². The van der Waals surface area contributed by atoms with Crippen molar-refractivity contribution in [2.75, 3.05) is 25.1 Å². The molecule has 2 aromatic carbocycles. The number of benzene rings is 2. The number of fused-ring (bicyclic) bond motifs is 1. The van der Waals surface area contributed by atoms with E-state index in [0.717, 1.165) is 17.2 Å². The number of hydrogen-bond acceptors (Lipinski definition) is 7. The fourth-order valence-corrected chi connectivity index (χ4v) is 3.19. The Bertz CT molecular complexity index is 1060. The second-order valence-corrected chi connectivity index (χ2v) is 6.88. The SMILES string of the molecule is Cc1cc(N(C)CC2COc3ccccc3O2)nc(-c2cccc([N+](=O)[O-])c2)n1. The fraction of sp³-hybridized carbons (Fsp3) is 0.238. The highest BCUT2D eigenvalue weighted by molar-refractivity contribution is 5.61. The lowest BCUT2D eigenvalue weighted by atomic mass is 10.2. The molecule has 0 fully saturated rings. The molecule has 0 spiro atoms. The molecule has 8 heteroatoms. The number of rotatable bonds is 5. The summed E-state index contributed by atoms with van der Waals surface area (Å²) in [6.07, 6.45) is -0.147. The smallest absolute Gasteiger partial charge is 0.270 e. The first-order valence-corrected chi connectivity index (χ1v) is 9.20. The predicted molar refractivity (Wildman–Crippen MR) is 108 cm³/mol. The van der Waals surface area contributed by atoms with Crippen LogP contribution in [0, 0.1) is 17.0 Å². The molecule has 1 aliphatic heterocycles. The number of hydrogen-bond donors (Lipinski definition) is 0. The van der Waals surface area contributed by atoms with Crippen LogP contribution in [0.2, 0.25) is 0 Å². The minimum Gasteiger partial charge on any atom is -0.486 e. The molecule has 0 N–H and O–H groups in total. The highest BCUT2D eigenvalue weighted by Gasteiger charge is 2.23. The van der Waals surface area contributed by atoms with Crippen molar-refractivity contribution in [2.24, 2.45) is 0 Å². The van der Waals surface area contributed by atoms with Crippen LogP contribution in [0.3, 0.4) is 0 Å². The Hall–Kier alpha value is -3.68. The summed E-state index contributed by atoms with van der Waals surface area (Å²) in [7, 11) is 1.92. The number of likely N-dealkylation sites (N-methyl/N-ethyl adjacent to an activating group) is 1. The third-order valence-electron chi connectivity index (χ3n) is 4.59. The maximum Gasteiger partial charge on any atom is 0.270 e. The zero-order chi connectivity index (χ0) is 20.4. The average molecular weight is 392 g/mol. The lowest BCUT2D eigenvalue weighted by Gasteiger charge is -2.30. The first kappa shape index (κ1) is 18.7. The zero-order valence-corrected chi connectivity index (χ0v) is 16.1. The maximum atomic E-state index is 11.1. The van der Waals surface area contributed by atoms with E-state index in [1.54, 1.807) is 12.1 Å². The fourth-order valence-electron chi connectivity index (χ4n) is 3.19. The van der Waals surface area contributed by atoms with Crippen LogP contribution in [0.4, 0.5) is 11.5 Å². The first-order valence-electron chi connectivity index (χ1n) is 9.20. The molecular formula is C21H20N4O4. The number of ether oxygens (including phenoxy) is 2. The van der Waals surface area contributed by atoms with Crippen LogP contribution in [0.25, 0.3) is 11.4 Å². The van der Waals surface area contributed by atoms with Crippen molar-refractivity contribution < 1.29 is 14.4 Å². The van der Waals surface area contributed by atoms with E-state index >= 15 is 0 Å². The molecule has 1 atom stereocenters. The Morgan fingerprint density at radius 1 is 1.14 bits per heavy atom. The molecule has 0 aliphatic carbocycles. The van der Waals surface area contributed by atoms with Crippen LogP contribution in [0.5, 0.6) is 11.5 Å². The largest absolute Gasteiger partial charge is 0.486 e. The maximum absolute atomic E-state index is 11.1. The van der Waals surface area contributed by atoms with E-state index in [-0.39, 0.29) is 11.8 Å². The number of nitrogens with zero attached hydrogens (tertiary/aromatic N) is 4. The molecule has 2 heterocycles. The van der Waals surface area contributed by atoms with Gasteiger partial charge in [0, 0.05) is 36.5 Å². The molecule has 3 aromatic rings. The van der Waals surface area contributed by atoms with Crippen molar-refractivity contribution in [1.29, 1.82) is 0 Å². The summed E-state index contributed by atoms with van der Waals surface area (Å²) in [5.41, 5.74) is 1.38. The number of non-ortho nitro benzene ring substituents is 1. The molecule has 0 bridgehead atoms. The van der Waals surface area contributed by atoms with E-state index in [0.29, 0.717) is 30.4 Å². The van der Waals surface area contributed by atoms with Crippen LogP contribution in [-0.4, -0.2) is 41.2 Å². The summed E-state index contributed by atoms with van der Waals surface area (Å²) in [4.78, 5) is 21.7. The van der Waals surface area contributed by atoms with Crippen molar-refractivity contribution in [3.8, 4) is 22.9 Å². The number of para-hydroxylation sites is 2. The summed E-state index contributed by atoms with van der Waals surface area (Å²) < 4.78 is 11.8. The van der Waals surface area contributed by atoms with Crippen LogP contribution in [0.1, 0.15) is 5.69 Å². The lowest BCUT2D eigenvalue weighted by molar-refractivity contribution is -0.384. The molecular weight excluding hydrogens is 372 g/mol. The van der Waals surface area contributed by atoms with Gasteiger partial charge in [0.25, 0.3) is 5.69 Å². The van der Waals surface area contributed by atoms with E-state index in [4.69, 9.17) is 9.47 Å². The van der Waals surface area contributed by atoms with Gasteiger partial charge >= 0.3 is 0 Å². The molecule has 148 valence electrons. The molecule has 29 heavy (non-hydrogen) atoms. The second-order valence-electron chi connectivity index (χ2n) is 6.88. The molecule has 1 aromatic heterocycles. The van der Waals surface area contributed by atoms with Crippen molar-refractivity contribution >= 4 is 11.5 Å². The van der Waals surface area contributed by atoms with E-state index in [1.165, 1.54) is 12.1 Å². The highest BCUT2D eigenvalue weighted by Crippen LogP contribution is 2.31. The third kappa shape index (κ3) is 4.11. The Morgan fingerprint density at radius 3 is 2.72 bits per heavy atom. The number of nitro benzene ring substituents is 1. The van der Waals surface area contributed by atoms with Gasteiger partial charge in [0.1, 0.15) is 12.4 Å². The molecule has 0 saturated heterocycles. The molecule has 0 saturated carbocycles. The van der Waals surface area contributed by atoms with Gasteiger partial charge in [0.2, 0.25) is 0 Å². The van der Waals surface area contributed by atoms with Gasteiger partial charge in [-0.05, 0) is 19.1 Å². The normalized spacial score (nSPS) is 15.0. The Labute approximate surface area is 167 Å². The number of aryl methyl sites for hydroxylation is 1. The van der Waals surface area contributed by atoms with E-state index in [9.17, 15) is 10.1 Å². The van der Waals surface area contributed by atoms with E-state index in [2.05, 4.69) is 9.97 Å². The van der Waals surface area contributed by atoms with Crippen molar-refractivity contribution in [2.45, 2.75) is 13.0 Å². The summed E-state index contributed by atoms with van der Waals surface area (Å²) in [5.74, 6) is 2.63. The predicted octanol–water partition coefficient (Wildman–Crippen LogP) is 3.64. The number of aromatic nitrogens is 2. The summed E-state index contributed by atoms with van der Waals surface area (Å²) in [6, 6.07) is 15.8. The van der Waals surface area contributed by atoms with E-state index in [1.807, 2.05) is 49.2 Å². The summed E-state index contributed by atoms with van der Waals surface area (Å²) >= 11 is 0. The van der Waals surface area contributed by atoms with Gasteiger partial charge in [-0.3, -0.25) is 10.1 Å². The van der Waals surface area contributed by atoms with Gasteiger partial charge < -0.3 is 14.4 Å². The van der Waals surface area contributed by atoms with Gasteiger partial charge in [0.05, 0.1) is 11.5 Å². The standard InChI is InChI=1S/C21H20N4O4/c1-14-10-20(23-21(22-14)15-6-5-7-16(11-15)25(26)27)24(2)12-17-13-28-18-8-3-4-9-19(18)29-17/h3-11,17H,12-13H2,1-2H3. The zero-order valence-electron chi connectivity index (χ0n) is 16.1. The van der Waals surface area contributed by atoms with Gasteiger partial charge in [0.15, 0.2) is 23.4 Å². The third-order valence-corrected chi connectivity index (χ3v) is 4.59. The van der Waals surface area contributed by atoms with Crippen LogP contribution < -0.4 is 14.4 Å². The Morgan fingerprint density at radius 2 is 1.93 bits per heavy atom. The second kappa shape index (κ2) is 7.75. The van der Waals surface area contributed by atoms with Crippen molar-refractivity contribution in [1.82, 2.24) is 9.97 Å². The molecule has 0 radical (unpaired) electrons. The van der Waals surface area contributed by atoms with Gasteiger partial charge in [-0.15, -0.1) is 0 Å². The van der Waals surface area contributed by atoms with E-state index < -0.39 is 4.92 Å². The van der Waals surface area contributed by atoms with Crippen LogP contribution >= 0.6 is 0 Å². The molecule has 1 unspecified atom stereocenters. The lowest BCUT2D eigenvalue weighted by Crippen LogP contribution is -2.39. The topological polar surface area (TPSA) is 90.6 Å². The minimum absolute atomic E-state index is 0.00827. The molecule has 0 amide bonds. The summed E-state index contributed by atoms with van der Waals surface area (Å²) in [6.45, 7) is 2.89. The van der Waals surface area contributed by atoms with Gasteiger partial charge in [-0.1, -0.05) is 24.3 Å². The Kier molecular flexibility index (Phi) is 4.99. The minimum atomic E-state index is -0.426. The average Bonchev–Trinajstić information content (AvgIpc) is 2.73. The molecule has 1 aliphatic rings.